The highest BCUT2D eigenvalue weighted by atomic mass is 16.5. The zero-order valence-corrected chi connectivity index (χ0v) is 18.9. The van der Waals surface area contributed by atoms with E-state index >= 15 is 0 Å². The standard InChI is InChI=1S/C25H37N3O3/c1-31-22-10-5-7-19(17-22)18-27-15-12-21(13-16-27)26-24(29)23-11-6-14-28(23)25(30)20-8-3-2-4-9-20/h5,7,10,17,20-21,23H,2-4,6,8-9,11-16,18H2,1H3,(H,26,29). The highest BCUT2D eigenvalue weighted by Crippen LogP contribution is 2.29. The molecule has 1 atom stereocenters. The summed E-state index contributed by atoms with van der Waals surface area (Å²) in [5, 5.41) is 3.27. The zero-order chi connectivity index (χ0) is 21.6. The van der Waals surface area contributed by atoms with Crippen molar-refractivity contribution in [2.24, 2.45) is 5.92 Å². The topological polar surface area (TPSA) is 61.9 Å². The van der Waals surface area contributed by atoms with Gasteiger partial charge in [0.2, 0.25) is 11.8 Å². The van der Waals surface area contributed by atoms with E-state index in [1.807, 2.05) is 17.0 Å². The van der Waals surface area contributed by atoms with Gasteiger partial charge in [0.25, 0.3) is 0 Å². The summed E-state index contributed by atoms with van der Waals surface area (Å²) in [6, 6.07) is 8.17. The van der Waals surface area contributed by atoms with Gasteiger partial charge >= 0.3 is 0 Å². The molecule has 1 aliphatic carbocycles. The molecule has 1 saturated carbocycles. The number of nitrogens with one attached hydrogen (secondary N) is 1. The molecule has 3 fully saturated rings. The van der Waals surface area contributed by atoms with E-state index in [9.17, 15) is 9.59 Å². The first kappa shape index (κ1) is 22.1. The van der Waals surface area contributed by atoms with Gasteiger partial charge in [-0.2, -0.15) is 0 Å². The van der Waals surface area contributed by atoms with Crippen LogP contribution in [0.25, 0.3) is 0 Å². The lowest BCUT2D eigenvalue weighted by Gasteiger charge is -2.34. The maximum Gasteiger partial charge on any atom is 0.243 e. The Bertz CT molecular complexity index is 754. The third-order valence-corrected chi connectivity index (χ3v) is 7.27. The normalized spacial score (nSPS) is 23.6. The Morgan fingerprint density at radius 1 is 1.00 bits per heavy atom. The van der Waals surface area contributed by atoms with Gasteiger partial charge in [0.05, 0.1) is 7.11 Å². The molecule has 2 heterocycles. The number of carbonyl (C=O) groups excluding carboxylic acids is 2. The van der Waals surface area contributed by atoms with Gasteiger partial charge in [-0.3, -0.25) is 14.5 Å². The fourth-order valence-electron chi connectivity index (χ4n) is 5.45. The average Bonchev–Trinajstić information content (AvgIpc) is 3.31. The summed E-state index contributed by atoms with van der Waals surface area (Å²) in [7, 11) is 1.70. The average molecular weight is 428 g/mol. The number of hydrogen-bond acceptors (Lipinski definition) is 4. The SMILES string of the molecule is COc1cccc(CN2CCC(NC(=O)C3CCCN3C(=O)C3CCCCC3)CC2)c1. The second-order valence-corrected chi connectivity index (χ2v) is 9.44. The van der Waals surface area contributed by atoms with Crippen molar-refractivity contribution in [2.75, 3.05) is 26.7 Å². The highest BCUT2D eigenvalue weighted by molar-refractivity contribution is 5.89. The number of rotatable bonds is 6. The van der Waals surface area contributed by atoms with E-state index in [0.717, 1.165) is 83.3 Å². The summed E-state index contributed by atoms with van der Waals surface area (Å²) in [6.07, 6.45) is 9.19. The Hall–Kier alpha value is -2.08. The van der Waals surface area contributed by atoms with Gasteiger partial charge < -0.3 is 15.0 Å². The van der Waals surface area contributed by atoms with Crippen LogP contribution in [0.2, 0.25) is 0 Å². The van der Waals surface area contributed by atoms with E-state index in [1.165, 1.54) is 12.0 Å². The van der Waals surface area contributed by atoms with Crippen molar-refractivity contribution in [3.05, 3.63) is 29.8 Å². The van der Waals surface area contributed by atoms with Gasteiger partial charge in [0.1, 0.15) is 11.8 Å². The van der Waals surface area contributed by atoms with Crippen LogP contribution < -0.4 is 10.1 Å². The molecule has 2 amide bonds. The molecule has 0 bridgehead atoms. The van der Waals surface area contributed by atoms with E-state index < -0.39 is 0 Å². The second kappa shape index (κ2) is 10.5. The molecule has 31 heavy (non-hydrogen) atoms. The molecule has 1 N–H and O–H groups in total. The first-order valence-corrected chi connectivity index (χ1v) is 12.1. The van der Waals surface area contributed by atoms with Crippen molar-refractivity contribution in [3.8, 4) is 5.75 Å². The van der Waals surface area contributed by atoms with Crippen LogP contribution in [0.4, 0.5) is 0 Å². The lowest BCUT2D eigenvalue weighted by molar-refractivity contribution is -0.142. The largest absolute Gasteiger partial charge is 0.497 e. The van der Waals surface area contributed by atoms with Crippen LogP contribution in [0.1, 0.15) is 63.4 Å². The lowest BCUT2D eigenvalue weighted by atomic mass is 9.88. The molecular weight excluding hydrogens is 390 g/mol. The van der Waals surface area contributed by atoms with Gasteiger partial charge in [0, 0.05) is 38.1 Å². The van der Waals surface area contributed by atoms with E-state index in [0.29, 0.717) is 0 Å². The van der Waals surface area contributed by atoms with Crippen LogP contribution in [0.15, 0.2) is 24.3 Å². The minimum absolute atomic E-state index is 0.0629. The number of piperidine rings is 1. The number of methoxy groups -OCH3 is 1. The second-order valence-electron chi connectivity index (χ2n) is 9.44. The summed E-state index contributed by atoms with van der Waals surface area (Å²) in [5.41, 5.74) is 1.25. The molecule has 1 aromatic rings. The van der Waals surface area contributed by atoms with Crippen LogP contribution in [0.5, 0.6) is 5.75 Å². The van der Waals surface area contributed by atoms with Crippen molar-refractivity contribution in [1.29, 1.82) is 0 Å². The molecule has 0 aromatic heterocycles. The Labute approximate surface area is 186 Å². The van der Waals surface area contributed by atoms with E-state index in [-0.39, 0.29) is 29.8 Å². The van der Waals surface area contributed by atoms with Crippen molar-refractivity contribution in [2.45, 2.75) is 76.4 Å². The maximum absolute atomic E-state index is 13.0. The predicted octanol–water partition coefficient (Wildman–Crippen LogP) is 3.35. The van der Waals surface area contributed by atoms with Crippen molar-refractivity contribution in [1.82, 2.24) is 15.1 Å². The Balaban J connectivity index is 1.25. The number of ether oxygens (including phenoxy) is 1. The Kier molecular flexibility index (Phi) is 7.49. The molecule has 6 heteroatoms. The number of amides is 2. The van der Waals surface area contributed by atoms with Gasteiger partial charge in [-0.1, -0.05) is 31.4 Å². The number of nitrogens with zero attached hydrogens (tertiary/aromatic N) is 2. The Morgan fingerprint density at radius 3 is 2.52 bits per heavy atom. The molecule has 6 nitrogen and oxygen atoms in total. The monoisotopic (exact) mass is 427 g/mol. The molecule has 1 unspecified atom stereocenters. The summed E-state index contributed by atoms with van der Waals surface area (Å²) >= 11 is 0. The third-order valence-electron chi connectivity index (χ3n) is 7.27. The summed E-state index contributed by atoms with van der Waals surface area (Å²) < 4.78 is 5.32. The number of likely N-dealkylation sites (tertiary alicyclic amines) is 2. The molecule has 0 radical (unpaired) electrons. The fourth-order valence-corrected chi connectivity index (χ4v) is 5.45. The smallest absolute Gasteiger partial charge is 0.243 e. The van der Waals surface area contributed by atoms with Crippen LogP contribution in [0.3, 0.4) is 0 Å². The molecular formula is C25H37N3O3. The summed E-state index contributed by atoms with van der Waals surface area (Å²) in [6.45, 7) is 3.59. The van der Waals surface area contributed by atoms with E-state index in [1.54, 1.807) is 7.11 Å². The highest BCUT2D eigenvalue weighted by Gasteiger charge is 2.38. The molecule has 1 aromatic carbocycles. The van der Waals surface area contributed by atoms with E-state index in [2.05, 4.69) is 22.3 Å². The molecule has 2 aliphatic heterocycles. The molecule has 0 spiro atoms. The fraction of sp³-hybridized carbons (Fsp3) is 0.680. The predicted molar refractivity (Wildman–Crippen MR) is 121 cm³/mol. The van der Waals surface area contributed by atoms with Gasteiger partial charge in [-0.25, -0.2) is 0 Å². The van der Waals surface area contributed by atoms with Crippen LogP contribution in [0, 0.1) is 5.92 Å². The first-order chi connectivity index (χ1) is 15.1. The third kappa shape index (κ3) is 5.59. The first-order valence-electron chi connectivity index (χ1n) is 12.1. The molecule has 170 valence electrons. The van der Waals surface area contributed by atoms with Crippen LogP contribution in [-0.4, -0.2) is 60.4 Å². The quantitative estimate of drug-likeness (QED) is 0.756. The molecule has 2 saturated heterocycles. The number of carbonyl (C=O) groups is 2. The van der Waals surface area contributed by atoms with Crippen molar-refractivity contribution in [3.63, 3.8) is 0 Å². The van der Waals surface area contributed by atoms with E-state index in [4.69, 9.17) is 4.74 Å². The van der Waals surface area contributed by atoms with Crippen molar-refractivity contribution >= 4 is 11.8 Å². The lowest BCUT2D eigenvalue weighted by Crippen LogP contribution is -2.52. The van der Waals surface area contributed by atoms with Gasteiger partial charge in [0.15, 0.2) is 0 Å². The van der Waals surface area contributed by atoms with Gasteiger partial charge in [-0.15, -0.1) is 0 Å². The minimum atomic E-state index is -0.260. The summed E-state index contributed by atoms with van der Waals surface area (Å²) in [4.78, 5) is 30.4. The zero-order valence-electron chi connectivity index (χ0n) is 18.9. The van der Waals surface area contributed by atoms with Crippen LogP contribution >= 0.6 is 0 Å². The number of hydrogen-bond donors (Lipinski definition) is 1. The maximum atomic E-state index is 13.0. The molecule has 4 rings (SSSR count). The molecule has 3 aliphatic rings. The van der Waals surface area contributed by atoms with Crippen LogP contribution in [-0.2, 0) is 16.1 Å². The summed E-state index contributed by atoms with van der Waals surface area (Å²) in [5.74, 6) is 1.32. The number of benzene rings is 1. The Morgan fingerprint density at radius 2 is 1.77 bits per heavy atom. The van der Waals surface area contributed by atoms with Crippen molar-refractivity contribution < 1.29 is 14.3 Å². The van der Waals surface area contributed by atoms with Gasteiger partial charge in [-0.05, 0) is 56.2 Å². The minimum Gasteiger partial charge on any atom is -0.497 e.